The predicted molar refractivity (Wildman–Crippen MR) is 42.9 cm³/mol. The summed E-state index contributed by atoms with van der Waals surface area (Å²) >= 11 is 0. The summed E-state index contributed by atoms with van der Waals surface area (Å²) in [4.78, 5) is 0. The van der Waals surface area contributed by atoms with Crippen LogP contribution in [0.2, 0.25) is 0 Å². The summed E-state index contributed by atoms with van der Waals surface area (Å²) in [5, 5.41) is 9.64. The lowest BCUT2D eigenvalue weighted by molar-refractivity contribution is 0.142. The van der Waals surface area contributed by atoms with E-state index in [4.69, 9.17) is 0 Å². The highest BCUT2D eigenvalue weighted by Crippen LogP contribution is 2.51. The summed E-state index contributed by atoms with van der Waals surface area (Å²) in [6.07, 6.45) is 10.0. The number of aliphatic hydroxyl groups is 1. The van der Waals surface area contributed by atoms with Gasteiger partial charge in [-0.25, -0.2) is 0 Å². The first kappa shape index (κ1) is 6.01. The fraction of sp³-hybridized carbons (Fsp3) is 0.600. The third-order valence-electron chi connectivity index (χ3n) is 3.48. The van der Waals surface area contributed by atoms with E-state index in [1.165, 1.54) is 0 Å². The van der Waals surface area contributed by atoms with Crippen LogP contribution in [0.3, 0.4) is 0 Å². The Hall–Kier alpha value is -0.560. The van der Waals surface area contributed by atoms with Crippen LogP contribution in [0.25, 0.3) is 0 Å². The van der Waals surface area contributed by atoms with Crippen molar-refractivity contribution in [3.05, 3.63) is 24.3 Å². The molecule has 0 aromatic heterocycles. The molecule has 3 rings (SSSR count). The first-order valence-corrected chi connectivity index (χ1v) is 4.41. The fourth-order valence-corrected chi connectivity index (χ4v) is 2.99. The van der Waals surface area contributed by atoms with Gasteiger partial charge in [0.25, 0.3) is 0 Å². The quantitative estimate of drug-likeness (QED) is 0.514. The second-order valence-corrected chi connectivity index (χ2v) is 3.97. The highest BCUT2D eigenvalue weighted by Gasteiger charge is 2.47. The van der Waals surface area contributed by atoms with E-state index < -0.39 is 0 Å². The van der Waals surface area contributed by atoms with Crippen molar-refractivity contribution in [1.29, 1.82) is 0 Å². The Morgan fingerprint density at radius 1 is 1.09 bits per heavy atom. The highest BCUT2D eigenvalue weighted by molar-refractivity contribution is 5.26. The Morgan fingerprint density at radius 3 is 2.82 bits per heavy atom. The molecule has 1 N–H and O–H groups in total. The van der Waals surface area contributed by atoms with Gasteiger partial charge in [0.2, 0.25) is 0 Å². The maximum atomic E-state index is 9.64. The molecule has 0 heterocycles. The molecule has 0 amide bonds. The Bertz CT molecular complexity index is 241. The van der Waals surface area contributed by atoms with Gasteiger partial charge in [-0.15, -0.1) is 0 Å². The first-order chi connectivity index (χ1) is 5.36. The van der Waals surface area contributed by atoms with E-state index in [1.54, 1.807) is 0 Å². The maximum Gasteiger partial charge on any atom is 0.0611 e. The molecule has 0 aliphatic heterocycles. The zero-order chi connectivity index (χ0) is 7.42. The van der Waals surface area contributed by atoms with Gasteiger partial charge in [0.1, 0.15) is 0 Å². The second-order valence-electron chi connectivity index (χ2n) is 3.97. The minimum Gasteiger partial charge on any atom is -0.392 e. The minimum atomic E-state index is -0.0591. The average molecular weight is 148 g/mol. The highest BCUT2D eigenvalue weighted by atomic mass is 16.3. The van der Waals surface area contributed by atoms with Crippen LogP contribution in [0.15, 0.2) is 24.3 Å². The van der Waals surface area contributed by atoms with Crippen LogP contribution in [0.1, 0.15) is 6.42 Å². The SMILES string of the molecule is O[C@@H]1C[C@@H]2C=C[C@H]3C=C[C@H]1[C@@H]32. The van der Waals surface area contributed by atoms with E-state index in [-0.39, 0.29) is 6.10 Å². The van der Waals surface area contributed by atoms with Gasteiger partial charge in [0, 0.05) is 5.92 Å². The van der Waals surface area contributed by atoms with Crippen LogP contribution >= 0.6 is 0 Å². The summed E-state index contributed by atoms with van der Waals surface area (Å²) in [5.41, 5.74) is 0. The van der Waals surface area contributed by atoms with Crippen LogP contribution < -0.4 is 0 Å². The monoisotopic (exact) mass is 148 g/mol. The van der Waals surface area contributed by atoms with E-state index in [2.05, 4.69) is 24.3 Å². The van der Waals surface area contributed by atoms with Gasteiger partial charge >= 0.3 is 0 Å². The molecule has 5 atom stereocenters. The van der Waals surface area contributed by atoms with E-state index in [0.717, 1.165) is 12.3 Å². The lowest BCUT2D eigenvalue weighted by Crippen LogP contribution is -2.15. The lowest BCUT2D eigenvalue weighted by Gasteiger charge is -2.14. The molecule has 0 bridgehead atoms. The molecule has 1 nitrogen and oxygen atoms in total. The summed E-state index contributed by atoms with van der Waals surface area (Å²) < 4.78 is 0. The van der Waals surface area contributed by atoms with Gasteiger partial charge in [-0.05, 0) is 24.2 Å². The number of rotatable bonds is 0. The number of hydrogen-bond acceptors (Lipinski definition) is 1. The van der Waals surface area contributed by atoms with Gasteiger partial charge in [0.15, 0.2) is 0 Å². The fourth-order valence-electron chi connectivity index (χ4n) is 2.99. The summed E-state index contributed by atoms with van der Waals surface area (Å²) in [5.74, 6) is 2.53. The maximum absolute atomic E-state index is 9.64. The molecule has 0 aromatic carbocycles. The zero-order valence-electron chi connectivity index (χ0n) is 6.35. The van der Waals surface area contributed by atoms with Gasteiger partial charge < -0.3 is 5.11 Å². The van der Waals surface area contributed by atoms with Gasteiger partial charge in [-0.3, -0.25) is 0 Å². The van der Waals surface area contributed by atoms with Crippen molar-refractivity contribution in [2.45, 2.75) is 12.5 Å². The smallest absolute Gasteiger partial charge is 0.0611 e. The Kier molecular flexibility index (Phi) is 0.972. The number of aliphatic hydroxyl groups excluding tert-OH is 1. The van der Waals surface area contributed by atoms with Crippen molar-refractivity contribution < 1.29 is 5.11 Å². The molecule has 0 aromatic rings. The summed E-state index contributed by atoms with van der Waals surface area (Å²) in [6, 6.07) is 0. The van der Waals surface area contributed by atoms with Crippen LogP contribution in [0.4, 0.5) is 0 Å². The lowest BCUT2D eigenvalue weighted by atomic mass is 9.90. The topological polar surface area (TPSA) is 20.2 Å². The molecule has 3 aliphatic rings. The Labute approximate surface area is 66.4 Å². The molecular formula is C10H12O. The van der Waals surface area contributed by atoms with Crippen molar-refractivity contribution >= 4 is 0 Å². The molecule has 1 heteroatoms. The molecule has 58 valence electrons. The van der Waals surface area contributed by atoms with E-state index in [1.807, 2.05) is 0 Å². The summed E-state index contributed by atoms with van der Waals surface area (Å²) in [7, 11) is 0. The average Bonchev–Trinajstić information content (AvgIpc) is 2.53. The molecule has 1 saturated carbocycles. The van der Waals surface area contributed by atoms with Crippen LogP contribution in [-0.2, 0) is 0 Å². The van der Waals surface area contributed by atoms with Crippen LogP contribution in [0.5, 0.6) is 0 Å². The summed E-state index contributed by atoms with van der Waals surface area (Å²) in [6.45, 7) is 0. The molecule has 0 spiro atoms. The minimum absolute atomic E-state index is 0.0591. The van der Waals surface area contributed by atoms with E-state index >= 15 is 0 Å². The van der Waals surface area contributed by atoms with Crippen LogP contribution in [-0.4, -0.2) is 11.2 Å². The first-order valence-electron chi connectivity index (χ1n) is 4.41. The van der Waals surface area contributed by atoms with Crippen molar-refractivity contribution in [3.8, 4) is 0 Å². The molecule has 0 saturated heterocycles. The normalized spacial score (nSPS) is 57.4. The zero-order valence-corrected chi connectivity index (χ0v) is 6.35. The molecule has 11 heavy (non-hydrogen) atoms. The molecule has 1 fully saturated rings. The molecule has 3 aliphatic carbocycles. The predicted octanol–water partition coefficient (Wildman–Crippen LogP) is 1.36. The van der Waals surface area contributed by atoms with Crippen molar-refractivity contribution in [1.82, 2.24) is 0 Å². The van der Waals surface area contributed by atoms with E-state index in [9.17, 15) is 5.11 Å². The Balaban J connectivity index is 2.04. The van der Waals surface area contributed by atoms with Crippen molar-refractivity contribution in [3.63, 3.8) is 0 Å². The van der Waals surface area contributed by atoms with Gasteiger partial charge in [0.05, 0.1) is 6.10 Å². The van der Waals surface area contributed by atoms with Crippen molar-refractivity contribution in [2.75, 3.05) is 0 Å². The molecular weight excluding hydrogens is 136 g/mol. The molecule has 0 unspecified atom stereocenters. The largest absolute Gasteiger partial charge is 0.392 e. The van der Waals surface area contributed by atoms with Gasteiger partial charge in [-0.1, -0.05) is 24.3 Å². The third kappa shape index (κ3) is 0.603. The third-order valence-corrected chi connectivity index (χ3v) is 3.48. The number of allylic oxidation sites excluding steroid dienone is 3. The molecule has 0 radical (unpaired) electrons. The number of hydrogen-bond donors (Lipinski definition) is 1. The van der Waals surface area contributed by atoms with E-state index in [0.29, 0.717) is 17.8 Å². The standard InChI is InChI=1S/C10H12O/c11-9-5-7-2-1-6-3-4-8(9)10(6)7/h1-4,6-11H,5H2/t6-,7-,8+,9+,10-/m0/s1. The van der Waals surface area contributed by atoms with Crippen molar-refractivity contribution in [2.24, 2.45) is 23.7 Å². The Morgan fingerprint density at radius 2 is 1.91 bits per heavy atom. The van der Waals surface area contributed by atoms with Gasteiger partial charge in [-0.2, -0.15) is 0 Å². The van der Waals surface area contributed by atoms with Crippen LogP contribution in [0, 0.1) is 23.7 Å². The second kappa shape index (κ2) is 1.78.